The fraction of sp³-hybridized carbons (Fsp3) is 0.263. The van der Waals surface area contributed by atoms with Crippen molar-refractivity contribution in [1.29, 1.82) is 0 Å². The van der Waals surface area contributed by atoms with Crippen LogP contribution in [0.4, 0.5) is 4.39 Å². The Morgan fingerprint density at radius 1 is 1.03 bits per heavy atom. The Hall–Kier alpha value is -3.14. The molecule has 0 aliphatic carbocycles. The van der Waals surface area contributed by atoms with Crippen LogP contribution in [-0.2, 0) is 4.79 Å². The summed E-state index contributed by atoms with van der Waals surface area (Å²) in [5.41, 5.74) is 0.218. The number of halogens is 1. The lowest BCUT2D eigenvalue weighted by atomic mass is 10.2. The molecule has 0 bridgehead atoms. The molecular formula is C19H17FN4O4S. The van der Waals surface area contributed by atoms with Crippen LogP contribution in [0.5, 0.6) is 0 Å². The van der Waals surface area contributed by atoms with Gasteiger partial charge in [-0.3, -0.25) is 9.59 Å². The normalized spacial score (nSPS) is 14.2. The fourth-order valence-electron chi connectivity index (χ4n) is 2.94. The zero-order chi connectivity index (χ0) is 20.2. The molecule has 1 aromatic carbocycles. The molecule has 1 aliphatic rings. The number of furan rings is 1. The highest BCUT2D eigenvalue weighted by molar-refractivity contribution is 7.99. The Labute approximate surface area is 169 Å². The van der Waals surface area contributed by atoms with Gasteiger partial charge in [0.2, 0.25) is 5.91 Å². The van der Waals surface area contributed by atoms with Gasteiger partial charge in [-0.15, -0.1) is 10.2 Å². The van der Waals surface area contributed by atoms with E-state index in [0.717, 1.165) is 11.8 Å². The van der Waals surface area contributed by atoms with Gasteiger partial charge in [-0.25, -0.2) is 4.39 Å². The van der Waals surface area contributed by atoms with Crippen LogP contribution < -0.4 is 0 Å². The van der Waals surface area contributed by atoms with Crippen molar-refractivity contribution in [2.75, 3.05) is 31.9 Å². The molecule has 0 atom stereocenters. The summed E-state index contributed by atoms with van der Waals surface area (Å²) >= 11 is 1.10. The van der Waals surface area contributed by atoms with Crippen molar-refractivity contribution in [2.24, 2.45) is 0 Å². The Bertz CT molecular complexity index is 999. The molecule has 1 saturated heterocycles. The van der Waals surface area contributed by atoms with E-state index in [2.05, 4.69) is 10.2 Å². The predicted octanol–water partition coefficient (Wildman–Crippen LogP) is 2.55. The van der Waals surface area contributed by atoms with Crippen molar-refractivity contribution in [2.45, 2.75) is 5.22 Å². The summed E-state index contributed by atoms with van der Waals surface area (Å²) in [7, 11) is 0. The topological polar surface area (TPSA) is 92.7 Å². The van der Waals surface area contributed by atoms with E-state index in [4.69, 9.17) is 8.83 Å². The molecule has 0 spiro atoms. The number of hydrogen-bond donors (Lipinski definition) is 0. The van der Waals surface area contributed by atoms with Gasteiger partial charge in [0.05, 0.1) is 17.6 Å². The van der Waals surface area contributed by atoms with Gasteiger partial charge in [-0.2, -0.15) is 0 Å². The number of thioether (sulfide) groups is 1. The van der Waals surface area contributed by atoms with E-state index in [-0.39, 0.29) is 34.2 Å². The number of aromatic nitrogens is 2. The smallest absolute Gasteiger partial charge is 0.289 e. The van der Waals surface area contributed by atoms with E-state index in [1.54, 1.807) is 40.1 Å². The minimum absolute atomic E-state index is 0.0723. The van der Waals surface area contributed by atoms with E-state index in [1.165, 1.54) is 12.3 Å². The average Bonchev–Trinajstić information content (AvgIpc) is 3.44. The van der Waals surface area contributed by atoms with Gasteiger partial charge < -0.3 is 18.6 Å². The molecule has 3 heterocycles. The second-order valence-electron chi connectivity index (χ2n) is 6.29. The molecule has 8 nitrogen and oxygen atoms in total. The molecule has 2 amide bonds. The molecule has 150 valence electrons. The minimum Gasteiger partial charge on any atom is -0.459 e. The van der Waals surface area contributed by atoms with Crippen LogP contribution in [0.2, 0.25) is 0 Å². The maximum Gasteiger partial charge on any atom is 0.289 e. The second kappa shape index (κ2) is 8.48. The van der Waals surface area contributed by atoms with Gasteiger partial charge >= 0.3 is 0 Å². The van der Waals surface area contributed by atoms with E-state index in [1.807, 2.05) is 0 Å². The predicted molar refractivity (Wildman–Crippen MR) is 102 cm³/mol. The standard InChI is InChI=1S/C19H17FN4O4S/c20-14-5-2-1-4-13(14)17-21-22-19(28-17)29-12-16(25)23-7-9-24(10-8-23)18(26)15-6-3-11-27-15/h1-6,11H,7-10,12H2. The monoisotopic (exact) mass is 416 g/mol. The molecule has 1 aliphatic heterocycles. The lowest BCUT2D eigenvalue weighted by Crippen LogP contribution is -2.51. The van der Waals surface area contributed by atoms with Crippen molar-refractivity contribution in [3.63, 3.8) is 0 Å². The zero-order valence-corrected chi connectivity index (χ0v) is 16.1. The first-order valence-corrected chi connectivity index (χ1v) is 9.92. The van der Waals surface area contributed by atoms with Crippen LogP contribution in [0.3, 0.4) is 0 Å². The summed E-state index contributed by atoms with van der Waals surface area (Å²) < 4.78 is 24.4. The van der Waals surface area contributed by atoms with Crippen molar-refractivity contribution < 1.29 is 22.8 Å². The van der Waals surface area contributed by atoms with E-state index >= 15 is 0 Å². The van der Waals surface area contributed by atoms with E-state index in [9.17, 15) is 14.0 Å². The van der Waals surface area contributed by atoms with Crippen LogP contribution in [0.25, 0.3) is 11.5 Å². The third-order valence-corrected chi connectivity index (χ3v) is 5.28. The molecule has 0 N–H and O–H groups in total. The lowest BCUT2D eigenvalue weighted by molar-refractivity contribution is -0.129. The Kier molecular flexibility index (Phi) is 5.61. The highest BCUT2D eigenvalue weighted by atomic mass is 32.2. The van der Waals surface area contributed by atoms with Gasteiger partial charge in [-0.1, -0.05) is 23.9 Å². The quantitative estimate of drug-likeness (QED) is 0.590. The highest BCUT2D eigenvalue weighted by Crippen LogP contribution is 2.25. The number of amides is 2. The highest BCUT2D eigenvalue weighted by Gasteiger charge is 2.26. The van der Waals surface area contributed by atoms with Crippen LogP contribution in [0.1, 0.15) is 10.6 Å². The third-order valence-electron chi connectivity index (χ3n) is 4.48. The van der Waals surface area contributed by atoms with E-state index in [0.29, 0.717) is 31.9 Å². The summed E-state index contributed by atoms with van der Waals surface area (Å²) in [6, 6.07) is 9.40. The number of carbonyl (C=O) groups is 2. The summed E-state index contributed by atoms with van der Waals surface area (Å²) in [6.07, 6.45) is 1.46. The Morgan fingerprint density at radius 2 is 1.79 bits per heavy atom. The zero-order valence-electron chi connectivity index (χ0n) is 15.3. The summed E-state index contributed by atoms with van der Waals surface area (Å²) in [5.74, 6) is -0.240. The summed E-state index contributed by atoms with van der Waals surface area (Å²) in [5, 5.41) is 7.89. The molecule has 0 radical (unpaired) electrons. The maximum absolute atomic E-state index is 13.8. The number of hydrogen-bond acceptors (Lipinski definition) is 7. The lowest BCUT2D eigenvalue weighted by Gasteiger charge is -2.34. The minimum atomic E-state index is -0.453. The number of carbonyl (C=O) groups excluding carboxylic acids is 2. The number of piperazine rings is 1. The average molecular weight is 416 g/mol. The summed E-state index contributed by atoms with van der Waals surface area (Å²) in [6.45, 7) is 1.76. The first-order chi connectivity index (χ1) is 14.1. The molecule has 0 saturated carbocycles. The van der Waals surface area contributed by atoms with Crippen molar-refractivity contribution >= 4 is 23.6 Å². The summed E-state index contributed by atoms with van der Waals surface area (Å²) in [4.78, 5) is 28.1. The number of nitrogens with zero attached hydrogens (tertiary/aromatic N) is 4. The Morgan fingerprint density at radius 3 is 2.52 bits per heavy atom. The van der Waals surface area contributed by atoms with Crippen LogP contribution in [0, 0.1) is 5.82 Å². The van der Waals surface area contributed by atoms with Gasteiger partial charge in [0, 0.05) is 26.2 Å². The van der Waals surface area contributed by atoms with Gasteiger partial charge in [-0.05, 0) is 24.3 Å². The van der Waals surface area contributed by atoms with E-state index < -0.39 is 5.82 Å². The molecular weight excluding hydrogens is 399 g/mol. The van der Waals surface area contributed by atoms with Crippen LogP contribution in [0.15, 0.2) is 56.7 Å². The molecule has 4 rings (SSSR count). The largest absolute Gasteiger partial charge is 0.459 e. The number of benzene rings is 1. The Balaban J connectivity index is 1.28. The SMILES string of the molecule is O=C(CSc1nnc(-c2ccccc2F)o1)N1CCN(C(=O)c2ccco2)CC1. The maximum atomic E-state index is 13.8. The van der Waals surface area contributed by atoms with Crippen molar-refractivity contribution in [3.05, 3.63) is 54.2 Å². The van der Waals surface area contributed by atoms with Crippen molar-refractivity contribution in [3.8, 4) is 11.5 Å². The molecule has 0 unspecified atom stereocenters. The molecule has 10 heteroatoms. The van der Waals surface area contributed by atoms with Gasteiger partial charge in [0.25, 0.3) is 17.0 Å². The molecule has 29 heavy (non-hydrogen) atoms. The molecule has 3 aromatic rings. The first-order valence-electron chi connectivity index (χ1n) is 8.93. The van der Waals surface area contributed by atoms with Crippen LogP contribution >= 0.6 is 11.8 Å². The molecule has 2 aromatic heterocycles. The third kappa shape index (κ3) is 4.32. The first kappa shape index (κ1) is 19.2. The molecule has 1 fully saturated rings. The fourth-order valence-corrected chi connectivity index (χ4v) is 3.61. The number of rotatable bonds is 5. The second-order valence-corrected chi connectivity index (χ2v) is 7.22. The van der Waals surface area contributed by atoms with Crippen LogP contribution in [-0.4, -0.2) is 63.7 Å². The van der Waals surface area contributed by atoms with Crippen molar-refractivity contribution in [1.82, 2.24) is 20.0 Å². The van der Waals surface area contributed by atoms with Gasteiger partial charge in [0.15, 0.2) is 5.76 Å². The van der Waals surface area contributed by atoms with Gasteiger partial charge in [0.1, 0.15) is 5.82 Å².